The van der Waals surface area contributed by atoms with Crippen LogP contribution in [-0.4, -0.2) is 145 Å². The van der Waals surface area contributed by atoms with Crippen LogP contribution in [0.1, 0.15) is 0 Å². The van der Waals surface area contributed by atoms with Crippen LogP contribution in [0.4, 0.5) is 0 Å². The van der Waals surface area contributed by atoms with Gasteiger partial charge in [0.05, 0.1) is 39.6 Å². The molecule has 0 aromatic heterocycles. The van der Waals surface area contributed by atoms with Crippen LogP contribution in [0.5, 0.6) is 0 Å². The van der Waals surface area contributed by atoms with Crippen LogP contribution < -0.4 is 0 Å². The van der Waals surface area contributed by atoms with E-state index in [9.17, 15) is 35.2 Å². The Morgan fingerprint density at radius 2 is 0.750 bits per heavy atom. The fraction of sp³-hybridized carbons (Fsp3) is 1.00. The molecule has 0 bridgehead atoms. The van der Waals surface area contributed by atoms with E-state index in [-0.39, 0.29) is 61.8 Å². The number of aliphatic hydroxyl groups excluding tert-OH is 6. The molecular weight excluding hydrogens is 395 g/mol. The van der Waals surface area contributed by atoms with Gasteiger partial charge in [-0.15, -0.1) is 0 Å². The number of hydrogen-bond acceptors (Lipinski definition) is 9. The van der Waals surface area contributed by atoms with Crippen molar-refractivity contribution in [2.45, 2.75) is 0 Å². The molecule has 0 rings (SSSR count). The standard InChI is InChI=1S/C16H39N2O9P/c19-9-1-17(2-10-20,3-11-21)7-15-26-28(25)27-16-8-18(4-12-22,5-13-23)6-14-24/h19-24,28H,1-16H2/q+2. The number of quaternary nitrogens is 2. The maximum atomic E-state index is 12.0. The Morgan fingerprint density at radius 1 is 0.500 bits per heavy atom. The topological polar surface area (TPSA) is 157 Å². The number of nitrogens with zero attached hydrogens (tertiary/aromatic N) is 2. The average molecular weight is 434 g/mol. The summed E-state index contributed by atoms with van der Waals surface area (Å²) in [6, 6.07) is 0. The minimum Gasteiger partial charge on any atom is -0.391 e. The molecule has 0 atom stereocenters. The van der Waals surface area contributed by atoms with E-state index in [1.807, 2.05) is 0 Å². The molecule has 28 heavy (non-hydrogen) atoms. The molecule has 0 amide bonds. The van der Waals surface area contributed by atoms with Gasteiger partial charge in [0.1, 0.15) is 65.6 Å². The lowest BCUT2D eigenvalue weighted by molar-refractivity contribution is -0.929. The van der Waals surface area contributed by atoms with Gasteiger partial charge in [-0.05, 0) is 0 Å². The quantitative estimate of drug-likeness (QED) is 0.0868. The highest BCUT2D eigenvalue weighted by Gasteiger charge is 2.27. The Kier molecular flexibility index (Phi) is 16.5. The Labute approximate surface area is 167 Å². The highest BCUT2D eigenvalue weighted by molar-refractivity contribution is 7.33. The predicted molar refractivity (Wildman–Crippen MR) is 103 cm³/mol. The first-order chi connectivity index (χ1) is 13.5. The summed E-state index contributed by atoms with van der Waals surface area (Å²) in [5, 5.41) is 55.4. The van der Waals surface area contributed by atoms with Crippen LogP contribution >= 0.6 is 8.25 Å². The first kappa shape index (κ1) is 27.8. The molecule has 0 unspecified atom stereocenters. The average Bonchev–Trinajstić information content (AvgIpc) is 2.63. The van der Waals surface area contributed by atoms with Crippen LogP contribution in [0, 0.1) is 0 Å². The lowest BCUT2D eigenvalue weighted by Crippen LogP contribution is -2.55. The fourth-order valence-electron chi connectivity index (χ4n) is 3.30. The summed E-state index contributed by atoms with van der Waals surface area (Å²) in [6.07, 6.45) is 0. The van der Waals surface area contributed by atoms with Crippen molar-refractivity contribution in [2.75, 3.05) is 105 Å². The van der Waals surface area contributed by atoms with Crippen LogP contribution in [0.25, 0.3) is 0 Å². The summed E-state index contributed by atoms with van der Waals surface area (Å²) in [5.41, 5.74) is 0. The van der Waals surface area contributed by atoms with E-state index >= 15 is 0 Å². The molecule has 0 aromatic rings. The minimum absolute atomic E-state index is 0.0850. The minimum atomic E-state index is -2.77. The molecule has 0 saturated heterocycles. The van der Waals surface area contributed by atoms with E-state index < -0.39 is 8.25 Å². The van der Waals surface area contributed by atoms with E-state index in [2.05, 4.69) is 0 Å². The normalized spacial score (nSPS) is 12.8. The Morgan fingerprint density at radius 3 is 0.964 bits per heavy atom. The number of hydrogen-bond donors (Lipinski definition) is 6. The zero-order chi connectivity index (χ0) is 21.3. The third-order valence-electron chi connectivity index (χ3n) is 5.02. The Balaban J connectivity index is 4.48. The highest BCUT2D eigenvalue weighted by atomic mass is 31.1. The van der Waals surface area contributed by atoms with Gasteiger partial charge in [0.2, 0.25) is 0 Å². The van der Waals surface area contributed by atoms with Gasteiger partial charge in [0.15, 0.2) is 0 Å². The van der Waals surface area contributed by atoms with Crippen LogP contribution in [-0.2, 0) is 13.6 Å². The van der Waals surface area contributed by atoms with Gasteiger partial charge in [-0.2, -0.15) is 0 Å². The van der Waals surface area contributed by atoms with Crippen LogP contribution in [0.2, 0.25) is 0 Å². The molecule has 0 aliphatic carbocycles. The van der Waals surface area contributed by atoms with Crippen molar-refractivity contribution in [1.29, 1.82) is 0 Å². The molecule has 170 valence electrons. The molecule has 12 heteroatoms. The lowest BCUT2D eigenvalue weighted by atomic mass is 10.3. The van der Waals surface area contributed by atoms with E-state index in [1.165, 1.54) is 0 Å². The van der Waals surface area contributed by atoms with Gasteiger partial charge in [-0.3, -0.25) is 4.57 Å². The predicted octanol–water partition coefficient (Wildman–Crippen LogP) is -3.00. The molecule has 0 heterocycles. The smallest absolute Gasteiger partial charge is 0.319 e. The number of rotatable bonds is 20. The van der Waals surface area contributed by atoms with Crippen molar-refractivity contribution in [1.82, 2.24) is 0 Å². The first-order valence-corrected chi connectivity index (χ1v) is 10.8. The molecule has 0 aromatic carbocycles. The summed E-state index contributed by atoms with van der Waals surface area (Å²) in [4.78, 5) is 0. The third kappa shape index (κ3) is 11.1. The lowest BCUT2D eigenvalue weighted by Gasteiger charge is -2.37. The van der Waals surface area contributed by atoms with Crippen LogP contribution in [0.3, 0.4) is 0 Å². The molecule has 11 nitrogen and oxygen atoms in total. The summed E-state index contributed by atoms with van der Waals surface area (Å²) in [7, 11) is -2.77. The summed E-state index contributed by atoms with van der Waals surface area (Å²) >= 11 is 0. The highest BCUT2D eigenvalue weighted by Crippen LogP contribution is 2.24. The second kappa shape index (κ2) is 16.6. The van der Waals surface area contributed by atoms with Gasteiger partial charge in [0, 0.05) is 0 Å². The van der Waals surface area contributed by atoms with Gasteiger partial charge >= 0.3 is 8.25 Å². The number of aliphatic hydroxyl groups is 6. The summed E-state index contributed by atoms with van der Waals surface area (Å²) < 4.78 is 23.0. The van der Waals surface area contributed by atoms with Crippen molar-refractivity contribution in [3.8, 4) is 0 Å². The van der Waals surface area contributed by atoms with Crippen LogP contribution in [0.15, 0.2) is 0 Å². The van der Waals surface area contributed by atoms with Crippen molar-refractivity contribution >= 4 is 8.25 Å². The largest absolute Gasteiger partial charge is 0.391 e. The zero-order valence-corrected chi connectivity index (χ0v) is 17.6. The van der Waals surface area contributed by atoms with E-state index in [4.69, 9.17) is 9.05 Å². The van der Waals surface area contributed by atoms with Gasteiger partial charge in [0.25, 0.3) is 0 Å². The molecule has 0 spiro atoms. The maximum Gasteiger partial charge on any atom is 0.319 e. The fourth-order valence-corrected chi connectivity index (χ4v) is 3.90. The third-order valence-corrected chi connectivity index (χ3v) is 5.90. The van der Waals surface area contributed by atoms with Gasteiger partial charge in [-0.1, -0.05) is 0 Å². The van der Waals surface area contributed by atoms with E-state index in [0.717, 1.165) is 0 Å². The monoisotopic (exact) mass is 434 g/mol. The maximum absolute atomic E-state index is 12.0. The van der Waals surface area contributed by atoms with Crippen molar-refractivity contribution < 1.29 is 53.2 Å². The molecule has 6 N–H and O–H groups in total. The summed E-state index contributed by atoms with van der Waals surface area (Å²) in [6.45, 7) is 2.32. The van der Waals surface area contributed by atoms with E-state index in [0.29, 0.717) is 52.4 Å². The van der Waals surface area contributed by atoms with Crippen molar-refractivity contribution in [2.24, 2.45) is 0 Å². The molecule has 0 radical (unpaired) electrons. The van der Waals surface area contributed by atoms with Crippen molar-refractivity contribution in [3.05, 3.63) is 0 Å². The SMILES string of the molecule is O=[PH](OCC[N+](CCO)(CCO)CCO)OCC[N+](CCO)(CCO)CCO. The van der Waals surface area contributed by atoms with Crippen molar-refractivity contribution in [3.63, 3.8) is 0 Å². The molecule has 0 aliphatic rings. The summed E-state index contributed by atoms with van der Waals surface area (Å²) in [5.74, 6) is 0. The second-order valence-corrected chi connectivity index (χ2v) is 7.84. The molecular formula is C16H39N2O9P+2. The van der Waals surface area contributed by atoms with Gasteiger partial charge in [-0.25, -0.2) is 0 Å². The first-order valence-electron chi connectivity index (χ1n) is 9.62. The van der Waals surface area contributed by atoms with Gasteiger partial charge < -0.3 is 48.7 Å². The molecule has 0 fully saturated rings. The Bertz CT molecular complexity index is 336. The molecule has 0 aliphatic heterocycles. The van der Waals surface area contributed by atoms with E-state index in [1.54, 1.807) is 0 Å². The Hall–Kier alpha value is -0.170. The molecule has 0 saturated carbocycles. The second-order valence-electron chi connectivity index (χ2n) is 6.76. The zero-order valence-electron chi connectivity index (χ0n) is 16.6.